The van der Waals surface area contributed by atoms with Gasteiger partial charge in [-0.05, 0) is 43.2 Å². The van der Waals surface area contributed by atoms with E-state index in [1.165, 1.54) is 6.92 Å². The molecule has 1 N–H and O–H groups in total. The molecule has 0 saturated heterocycles. The van der Waals surface area contributed by atoms with Crippen molar-refractivity contribution in [2.24, 2.45) is 0 Å². The van der Waals surface area contributed by atoms with Crippen LogP contribution in [0.1, 0.15) is 23.6 Å². The Morgan fingerprint density at radius 1 is 1.13 bits per heavy atom. The summed E-state index contributed by atoms with van der Waals surface area (Å²) in [6, 6.07) is 11.9. The van der Waals surface area contributed by atoms with Crippen LogP contribution in [0.5, 0.6) is 0 Å². The summed E-state index contributed by atoms with van der Waals surface area (Å²) >= 11 is 0. The highest BCUT2D eigenvalue weighted by Crippen LogP contribution is 2.21. The molecule has 0 saturated carbocycles. The van der Waals surface area contributed by atoms with E-state index in [4.69, 9.17) is 4.74 Å². The second kappa shape index (κ2) is 6.83. The molecule has 0 atom stereocenters. The molecule has 0 fully saturated rings. The third-order valence-corrected chi connectivity index (χ3v) is 4.78. The molecule has 2 aromatic carbocycles. The number of rotatable bonds is 5. The predicted octanol–water partition coefficient (Wildman–Crippen LogP) is 3.17. The minimum Gasteiger partial charge on any atom is -0.461 e. The zero-order valence-corrected chi connectivity index (χ0v) is 14.1. The largest absolute Gasteiger partial charge is 0.461 e. The van der Waals surface area contributed by atoms with Gasteiger partial charge in [0.2, 0.25) is 0 Å². The average Bonchev–Trinajstić information content (AvgIpc) is 2.44. The van der Waals surface area contributed by atoms with Gasteiger partial charge in [0.05, 0.1) is 4.90 Å². The van der Waals surface area contributed by atoms with E-state index in [0.29, 0.717) is 16.8 Å². The van der Waals surface area contributed by atoms with Crippen molar-refractivity contribution in [1.29, 1.82) is 0 Å². The molecule has 2 aromatic rings. The van der Waals surface area contributed by atoms with Crippen LogP contribution in [-0.2, 0) is 26.2 Å². The zero-order valence-electron chi connectivity index (χ0n) is 13.3. The maximum absolute atomic E-state index is 12.5. The van der Waals surface area contributed by atoms with Gasteiger partial charge in [0.1, 0.15) is 6.61 Å². The molecule has 0 aromatic heterocycles. The van der Waals surface area contributed by atoms with Crippen molar-refractivity contribution in [2.45, 2.75) is 32.3 Å². The predicted molar refractivity (Wildman–Crippen MR) is 88.6 cm³/mol. The Labute approximate surface area is 136 Å². The number of anilines is 1. The van der Waals surface area contributed by atoms with Gasteiger partial charge >= 0.3 is 5.97 Å². The Hall–Kier alpha value is -2.34. The molecule has 0 aliphatic heterocycles. The Kier molecular flexibility index (Phi) is 5.05. The Morgan fingerprint density at radius 3 is 2.52 bits per heavy atom. The van der Waals surface area contributed by atoms with E-state index >= 15 is 0 Å². The minimum atomic E-state index is -3.67. The molecular weight excluding hydrogens is 314 g/mol. The SMILES string of the molecule is CC(=O)OCc1cccc(NS(=O)(=O)c2ccc(C)cc2C)c1. The molecule has 2 rings (SSSR count). The minimum absolute atomic E-state index is 0.106. The monoisotopic (exact) mass is 333 g/mol. The van der Waals surface area contributed by atoms with Gasteiger partial charge in [0.25, 0.3) is 10.0 Å². The van der Waals surface area contributed by atoms with Gasteiger partial charge in [-0.1, -0.05) is 29.8 Å². The lowest BCUT2D eigenvalue weighted by Gasteiger charge is -2.12. The van der Waals surface area contributed by atoms with E-state index in [2.05, 4.69) is 4.72 Å². The summed E-state index contributed by atoms with van der Waals surface area (Å²) in [6.07, 6.45) is 0. The number of hydrogen-bond donors (Lipinski definition) is 1. The Morgan fingerprint density at radius 2 is 1.87 bits per heavy atom. The molecule has 0 spiro atoms. The molecule has 0 amide bonds. The standard InChI is InChI=1S/C17H19NO4S/c1-12-7-8-17(13(2)9-12)23(20,21)18-16-6-4-5-15(10-16)11-22-14(3)19/h4-10,18H,11H2,1-3H3. The molecule has 0 unspecified atom stereocenters. The van der Waals surface area contributed by atoms with Crippen molar-refractivity contribution >= 4 is 21.7 Å². The molecule has 0 aliphatic rings. The first-order chi connectivity index (χ1) is 10.8. The lowest BCUT2D eigenvalue weighted by Crippen LogP contribution is -2.14. The fourth-order valence-corrected chi connectivity index (χ4v) is 3.50. The molecule has 6 heteroatoms. The number of aryl methyl sites for hydroxylation is 2. The number of benzene rings is 2. The maximum atomic E-state index is 12.5. The second-order valence-corrected chi connectivity index (χ2v) is 7.01. The number of carbonyl (C=O) groups excluding carboxylic acids is 1. The highest BCUT2D eigenvalue weighted by atomic mass is 32.2. The summed E-state index contributed by atoms with van der Waals surface area (Å²) in [5, 5.41) is 0. The van der Waals surface area contributed by atoms with E-state index in [1.807, 2.05) is 13.0 Å². The summed E-state index contributed by atoms with van der Waals surface area (Å²) in [6.45, 7) is 5.11. The van der Waals surface area contributed by atoms with Crippen LogP contribution in [-0.4, -0.2) is 14.4 Å². The van der Waals surface area contributed by atoms with E-state index in [1.54, 1.807) is 43.3 Å². The molecule has 0 radical (unpaired) electrons. The Balaban J connectivity index is 2.23. The normalized spacial score (nSPS) is 11.1. The van der Waals surface area contributed by atoms with Crippen LogP contribution in [0.25, 0.3) is 0 Å². The number of hydrogen-bond acceptors (Lipinski definition) is 4. The third kappa shape index (κ3) is 4.56. The molecule has 23 heavy (non-hydrogen) atoms. The van der Waals surface area contributed by atoms with Crippen molar-refractivity contribution in [1.82, 2.24) is 0 Å². The zero-order chi connectivity index (χ0) is 17.0. The van der Waals surface area contributed by atoms with E-state index in [-0.39, 0.29) is 17.5 Å². The van der Waals surface area contributed by atoms with Gasteiger partial charge in [0, 0.05) is 12.6 Å². The van der Waals surface area contributed by atoms with Gasteiger partial charge in [-0.15, -0.1) is 0 Å². The number of esters is 1. The molecule has 5 nitrogen and oxygen atoms in total. The smallest absolute Gasteiger partial charge is 0.302 e. The molecule has 0 heterocycles. The molecular formula is C17H19NO4S. The number of ether oxygens (including phenoxy) is 1. The first kappa shape index (κ1) is 17.0. The van der Waals surface area contributed by atoms with Crippen LogP contribution in [0, 0.1) is 13.8 Å². The van der Waals surface area contributed by atoms with Crippen LogP contribution in [0.3, 0.4) is 0 Å². The summed E-state index contributed by atoms with van der Waals surface area (Å²) in [4.78, 5) is 11.1. The van der Waals surface area contributed by atoms with Gasteiger partial charge < -0.3 is 4.74 Å². The van der Waals surface area contributed by atoms with Crippen molar-refractivity contribution in [3.05, 3.63) is 59.2 Å². The summed E-state index contributed by atoms with van der Waals surface area (Å²) in [5.41, 5.74) is 2.83. The number of sulfonamides is 1. The van der Waals surface area contributed by atoms with Crippen LogP contribution in [0.15, 0.2) is 47.4 Å². The highest BCUT2D eigenvalue weighted by Gasteiger charge is 2.17. The average molecular weight is 333 g/mol. The maximum Gasteiger partial charge on any atom is 0.302 e. The van der Waals surface area contributed by atoms with Crippen LogP contribution < -0.4 is 4.72 Å². The Bertz CT molecular complexity index is 828. The second-order valence-electron chi connectivity index (χ2n) is 5.36. The fourth-order valence-electron chi connectivity index (χ4n) is 2.22. The highest BCUT2D eigenvalue weighted by molar-refractivity contribution is 7.92. The number of nitrogens with one attached hydrogen (secondary N) is 1. The molecule has 0 aliphatic carbocycles. The van der Waals surface area contributed by atoms with Gasteiger partial charge in [-0.3, -0.25) is 9.52 Å². The van der Waals surface area contributed by atoms with Crippen molar-refractivity contribution in [3.63, 3.8) is 0 Å². The summed E-state index contributed by atoms with van der Waals surface area (Å²) in [7, 11) is -3.67. The lowest BCUT2D eigenvalue weighted by molar-refractivity contribution is -0.142. The number of carbonyl (C=O) groups is 1. The quantitative estimate of drug-likeness (QED) is 0.853. The van der Waals surface area contributed by atoms with Crippen molar-refractivity contribution in [3.8, 4) is 0 Å². The third-order valence-electron chi connectivity index (χ3n) is 3.24. The van der Waals surface area contributed by atoms with Crippen LogP contribution in [0.4, 0.5) is 5.69 Å². The first-order valence-electron chi connectivity index (χ1n) is 7.10. The summed E-state index contributed by atoms with van der Waals surface area (Å²) in [5.74, 6) is -0.383. The van der Waals surface area contributed by atoms with E-state index < -0.39 is 10.0 Å². The van der Waals surface area contributed by atoms with Gasteiger partial charge in [0.15, 0.2) is 0 Å². The van der Waals surface area contributed by atoms with Crippen molar-refractivity contribution in [2.75, 3.05) is 4.72 Å². The van der Waals surface area contributed by atoms with E-state index in [0.717, 1.165) is 5.56 Å². The molecule has 122 valence electrons. The van der Waals surface area contributed by atoms with E-state index in [9.17, 15) is 13.2 Å². The summed E-state index contributed by atoms with van der Waals surface area (Å²) < 4.78 is 32.5. The van der Waals surface area contributed by atoms with Crippen LogP contribution in [0.2, 0.25) is 0 Å². The first-order valence-corrected chi connectivity index (χ1v) is 8.58. The van der Waals surface area contributed by atoms with Crippen molar-refractivity contribution < 1.29 is 17.9 Å². The fraction of sp³-hybridized carbons (Fsp3) is 0.235. The molecule has 0 bridgehead atoms. The van der Waals surface area contributed by atoms with Gasteiger partial charge in [-0.2, -0.15) is 0 Å². The topological polar surface area (TPSA) is 72.5 Å². The van der Waals surface area contributed by atoms with Crippen LogP contribution >= 0.6 is 0 Å². The van der Waals surface area contributed by atoms with Gasteiger partial charge in [-0.25, -0.2) is 8.42 Å². The lowest BCUT2D eigenvalue weighted by atomic mass is 10.2.